The highest BCUT2D eigenvalue weighted by molar-refractivity contribution is 5.79. The van der Waals surface area contributed by atoms with Crippen LogP contribution in [-0.2, 0) is 12.1 Å². The minimum atomic E-state index is -2.15. The maximum absolute atomic E-state index is 14.7. The number of nitro groups is 1. The third-order valence-corrected chi connectivity index (χ3v) is 5.20. The number of rotatable bonds is 6. The summed E-state index contributed by atoms with van der Waals surface area (Å²) in [6, 6.07) is 4.88. The molecule has 2 heterocycles. The van der Waals surface area contributed by atoms with Gasteiger partial charge >= 0.3 is 0 Å². The van der Waals surface area contributed by atoms with Crippen molar-refractivity contribution in [1.29, 1.82) is 0 Å². The first-order valence-corrected chi connectivity index (χ1v) is 9.24. The topological polar surface area (TPSA) is 142 Å². The Hall–Kier alpha value is -4.13. The summed E-state index contributed by atoms with van der Waals surface area (Å²) in [6.45, 7) is 1.02. The van der Waals surface area contributed by atoms with Crippen molar-refractivity contribution >= 4 is 16.6 Å². The van der Waals surface area contributed by atoms with E-state index >= 15 is 0 Å². The van der Waals surface area contributed by atoms with E-state index < -0.39 is 33.8 Å². The van der Waals surface area contributed by atoms with Gasteiger partial charge in [0, 0.05) is 23.8 Å². The number of non-ortho nitro benzene ring substituents is 1. The summed E-state index contributed by atoms with van der Waals surface area (Å²) in [5.74, 6) is -1.89. The van der Waals surface area contributed by atoms with Gasteiger partial charge in [0.15, 0.2) is 0 Å². The number of aromatic nitrogens is 6. The summed E-state index contributed by atoms with van der Waals surface area (Å²) in [5.41, 5.74) is -3.47. The zero-order chi connectivity index (χ0) is 23.0. The fourth-order valence-corrected chi connectivity index (χ4v) is 3.46. The van der Waals surface area contributed by atoms with Gasteiger partial charge in [0.25, 0.3) is 11.2 Å². The van der Waals surface area contributed by atoms with Crippen LogP contribution in [0.3, 0.4) is 0 Å². The molecule has 164 valence electrons. The molecule has 2 atom stereocenters. The van der Waals surface area contributed by atoms with Gasteiger partial charge in [-0.25, -0.2) is 23.1 Å². The number of benzene rings is 2. The Morgan fingerprint density at radius 2 is 2.03 bits per heavy atom. The lowest BCUT2D eigenvalue weighted by molar-refractivity contribution is -0.384. The SMILES string of the molecule is C[C@@H](n1nnc2ccc([N+](=O)[O-])cc2c1=O)[C@](O)(Cn1cncn1)c1ccc(F)cc1F. The third-order valence-electron chi connectivity index (χ3n) is 5.20. The fraction of sp³-hybridized carbons (Fsp3) is 0.211. The van der Waals surface area contributed by atoms with Crippen molar-refractivity contribution in [2.24, 2.45) is 0 Å². The van der Waals surface area contributed by atoms with Crippen molar-refractivity contribution in [3.63, 3.8) is 0 Å². The van der Waals surface area contributed by atoms with Crippen LogP contribution in [-0.4, -0.2) is 39.8 Å². The third kappa shape index (κ3) is 3.58. The van der Waals surface area contributed by atoms with Crippen molar-refractivity contribution in [1.82, 2.24) is 29.8 Å². The Kier molecular flexibility index (Phi) is 5.18. The first kappa shape index (κ1) is 21.1. The average Bonchev–Trinajstić information content (AvgIpc) is 3.26. The first-order valence-electron chi connectivity index (χ1n) is 9.24. The van der Waals surface area contributed by atoms with Gasteiger partial charge in [-0.2, -0.15) is 5.10 Å². The second kappa shape index (κ2) is 7.85. The molecule has 0 unspecified atom stereocenters. The molecular weight excluding hydrogens is 428 g/mol. The maximum atomic E-state index is 14.7. The van der Waals surface area contributed by atoms with Gasteiger partial charge in [-0.1, -0.05) is 11.3 Å². The van der Waals surface area contributed by atoms with Gasteiger partial charge in [0.2, 0.25) is 0 Å². The Morgan fingerprint density at radius 1 is 1.25 bits per heavy atom. The van der Waals surface area contributed by atoms with Gasteiger partial charge in [0.05, 0.1) is 22.9 Å². The summed E-state index contributed by atoms with van der Waals surface area (Å²) in [4.78, 5) is 27.3. The lowest BCUT2D eigenvalue weighted by atomic mass is 9.86. The Labute approximate surface area is 177 Å². The highest BCUT2D eigenvalue weighted by atomic mass is 19.1. The van der Waals surface area contributed by atoms with E-state index in [1.807, 2.05) is 0 Å². The minimum Gasteiger partial charge on any atom is -0.381 e. The Bertz CT molecular complexity index is 1380. The molecule has 0 bridgehead atoms. The molecule has 0 fully saturated rings. The molecule has 13 heteroatoms. The van der Waals surface area contributed by atoms with Gasteiger partial charge < -0.3 is 5.11 Å². The second-order valence-electron chi connectivity index (χ2n) is 7.12. The molecule has 2 aromatic heterocycles. The lowest BCUT2D eigenvalue weighted by Gasteiger charge is -2.34. The standard InChI is InChI=1S/C19H15F2N7O4/c1-11(27-18(29)14-7-13(28(31)32)3-5-17(14)24-25-27)19(30,8-26-10-22-9-23-26)15-4-2-12(20)6-16(15)21/h2-7,9-11,30H,8H2,1H3/t11-,19-/m1/s1. The molecule has 1 N–H and O–H groups in total. The number of hydrogen-bond acceptors (Lipinski definition) is 8. The van der Waals surface area contributed by atoms with Gasteiger partial charge in [-0.15, -0.1) is 5.10 Å². The molecule has 4 rings (SSSR count). The van der Waals surface area contributed by atoms with E-state index in [0.29, 0.717) is 6.07 Å². The van der Waals surface area contributed by atoms with E-state index in [9.17, 15) is 28.8 Å². The van der Waals surface area contributed by atoms with Crippen LogP contribution in [0, 0.1) is 21.7 Å². The number of hydrogen-bond donors (Lipinski definition) is 1. The molecule has 0 saturated heterocycles. The predicted octanol–water partition coefficient (Wildman–Crippen LogP) is 1.72. The summed E-state index contributed by atoms with van der Waals surface area (Å²) in [6.07, 6.45) is 2.48. The van der Waals surface area contributed by atoms with E-state index in [4.69, 9.17) is 0 Å². The van der Waals surface area contributed by atoms with E-state index in [1.54, 1.807) is 0 Å². The van der Waals surface area contributed by atoms with Crippen LogP contribution in [0.4, 0.5) is 14.5 Å². The van der Waals surface area contributed by atoms with Crippen molar-refractivity contribution in [3.05, 3.63) is 86.7 Å². The van der Waals surface area contributed by atoms with Crippen LogP contribution in [0.15, 0.2) is 53.8 Å². The van der Waals surface area contributed by atoms with Crippen molar-refractivity contribution < 1.29 is 18.8 Å². The minimum absolute atomic E-state index is 0.108. The molecule has 0 aliphatic carbocycles. The van der Waals surface area contributed by atoms with Crippen molar-refractivity contribution in [3.8, 4) is 0 Å². The van der Waals surface area contributed by atoms with Crippen LogP contribution in [0.5, 0.6) is 0 Å². The summed E-state index contributed by atoms with van der Waals surface area (Å²) in [7, 11) is 0. The summed E-state index contributed by atoms with van der Waals surface area (Å²) < 4.78 is 30.2. The highest BCUT2D eigenvalue weighted by Crippen LogP contribution is 2.35. The molecule has 0 radical (unpaired) electrons. The molecule has 32 heavy (non-hydrogen) atoms. The average molecular weight is 443 g/mol. The van der Waals surface area contributed by atoms with Gasteiger partial charge in [-0.3, -0.25) is 14.9 Å². The summed E-state index contributed by atoms with van der Waals surface area (Å²) >= 11 is 0. The number of aliphatic hydroxyl groups is 1. The van der Waals surface area contributed by atoms with Crippen LogP contribution in [0.2, 0.25) is 0 Å². The number of nitro benzene ring substituents is 1. The number of halogens is 2. The predicted molar refractivity (Wildman–Crippen MR) is 105 cm³/mol. The first-order chi connectivity index (χ1) is 15.2. The molecule has 2 aromatic carbocycles. The van der Waals surface area contributed by atoms with Crippen LogP contribution in [0.25, 0.3) is 10.9 Å². The molecule has 0 amide bonds. The molecular formula is C19H15F2N7O4. The van der Waals surface area contributed by atoms with Crippen LogP contribution in [0.1, 0.15) is 18.5 Å². The summed E-state index contributed by atoms with van der Waals surface area (Å²) in [5, 5.41) is 34.2. The van der Waals surface area contributed by atoms with E-state index in [-0.39, 0.29) is 28.7 Å². The second-order valence-corrected chi connectivity index (χ2v) is 7.12. The number of fused-ring (bicyclic) bond motifs is 1. The molecule has 0 aliphatic rings. The lowest BCUT2D eigenvalue weighted by Crippen LogP contribution is -2.44. The molecule has 4 aromatic rings. The normalized spacial score (nSPS) is 14.2. The van der Waals surface area contributed by atoms with E-state index in [0.717, 1.165) is 22.9 Å². The van der Waals surface area contributed by atoms with Crippen LogP contribution < -0.4 is 5.56 Å². The van der Waals surface area contributed by atoms with E-state index in [1.165, 1.54) is 36.4 Å². The Balaban J connectivity index is 1.89. The molecule has 0 aliphatic heterocycles. The van der Waals surface area contributed by atoms with Gasteiger partial charge in [0.1, 0.15) is 35.4 Å². The maximum Gasteiger partial charge on any atom is 0.278 e. The zero-order valence-corrected chi connectivity index (χ0v) is 16.5. The van der Waals surface area contributed by atoms with Gasteiger partial charge in [-0.05, 0) is 19.1 Å². The quantitative estimate of drug-likeness (QED) is 0.351. The fourth-order valence-electron chi connectivity index (χ4n) is 3.46. The molecule has 0 saturated carbocycles. The smallest absolute Gasteiger partial charge is 0.278 e. The number of nitrogens with zero attached hydrogens (tertiary/aromatic N) is 7. The Morgan fingerprint density at radius 3 is 2.69 bits per heavy atom. The monoisotopic (exact) mass is 443 g/mol. The largest absolute Gasteiger partial charge is 0.381 e. The van der Waals surface area contributed by atoms with Crippen LogP contribution >= 0.6 is 0 Å². The zero-order valence-electron chi connectivity index (χ0n) is 16.5. The van der Waals surface area contributed by atoms with E-state index in [2.05, 4.69) is 20.4 Å². The highest BCUT2D eigenvalue weighted by Gasteiger charge is 2.41. The molecule has 0 spiro atoms. The van der Waals surface area contributed by atoms with Crippen molar-refractivity contribution in [2.45, 2.75) is 25.1 Å². The molecule has 11 nitrogen and oxygen atoms in total. The van der Waals surface area contributed by atoms with Crippen molar-refractivity contribution in [2.75, 3.05) is 0 Å².